The second-order valence-electron chi connectivity index (χ2n) is 5.84. The largest absolute Gasteiger partial charge is 0.496 e. The van der Waals surface area contributed by atoms with Gasteiger partial charge in [0.05, 0.1) is 29.5 Å². The molecule has 0 unspecified atom stereocenters. The normalized spacial score (nSPS) is 14.0. The number of hydrogen-bond donors (Lipinski definition) is 1. The van der Waals surface area contributed by atoms with Crippen LogP contribution >= 0.6 is 0 Å². The first-order chi connectivity index (χ1) is 12.9. The van der Waals surface area contributed by atoms with Crippen LogP contribution in [0.1, 0.15) is 6.92 Å². The first kappa shape index (κ1) is 18.2. The molecule has 1 aliphatic heterocycles. The zero-order valence-corrected chi connectivity index (χ0v) is 14.7. The number of nitro benzene ring substituents is 1. The highest BCUT2D eigenvalue weighted by atomic mass is 16.6. The van der Waals surface area contributed by atoms with E-state index in [1.165, 1.54) is 37.1 Å². The van der Waals surface area contributed by atoms with Gasteiger partial charge in [-0.15, -0.1) is 0 Å². The number of methoxy groups -OCH3 is 1. The van der Waals surface area contributed by atoms with Gasteiger partial charge in [0.2, 0.25) is 5.91 Å². The van der Waals surface area contributed by atoms with E-state index in [0.29, 0.717) is 17.1 Å². The lowest BCUT2D eigenvalue weighted by molar-refractivity contribution is -0.386. The van der Waals surface area contributed by atoms with E-state index in [2.05, 4.69) is 5.32 Å². The average Bonchev–Trinajstić information content (AvgIpc) is 2.66. The fourth-order valence-corrected chi connectivity index (χ4v) is 2.76. The zero-order chi connectivity index (χ0) is 19.6. The van der Waals surface area contributed by atoms with E-state index in [4.69, 9.17) is 9.47 Å². The summed E-state index contributed by atoms with van der Waals surface area (Å²) in [5, 5.41) is 14.0. The number of benzene rings is 2. The molecule has 1 heterocycles. The molecule has 3 rings (SSSR count). The maximum absolute atomic E-state index is 12.8. The summed E-state index contributed by atoms with van der Waals surface area (Å²) in [4.78, 5) is 36.7. The van der Waals surface area contributed by atoms with Crippen LogP contribution < -0.4 is 19.7 Å². The second-order valence-corrected chi connectivity index (χ2v) is 5.84. The molecule has 9 heteroatoms. The zero-order valence-electron chi connectivity index (χ0n) is 14.7. The molecule has 0 spiro atoms. The van der Waals surface area contributed by atoms with Crippen molar-refractivity contribution < 1.29 is 24.0 Å². The minimum atomic E-state index is -1.05. The van der Waals surface area contributed by atoms with Gasteiger partial charge in [0, 0.05) is 0 Å². The Kier molecular flexibility index (Phi) is 4.93. The topological polar surface area (TPSA) is 111 Å². The van der Waals surface area contributed by atoms with E-state index < -0.39 is 16.9 Å². The molecule has 0 saturated heterocycles. The Bertz CT molecular complexity index is 914. The average molecular weight is 371 g/mol. The van der Waals surface area contributed by atoms with Crippen molar-refractivity contribution in [2.45, 2.75) is 13.0 Å². The number of amides is 2. The number of rotatable bonds is 5. The minimum absolute atomic E-state index is 0.0589. The van der Waals surface area contributed by atoms with Crippen molar-refractivity contribution in [2.24, 2.45) is 0 Å². The molecule has 0 radical (unpaired) electrons. The molecule has 2 amide bonds. The highest BCUT2D eigenvalue weighted by Crippen LogP contribution is 2.33. The number of nitrogens with one attached hydrogen (secondary N) is 1. The summed E-state index contributed by atoms with van der Waals surface area (Å²) in [6, 6.07) is 11.0. The predicted octanol–water partition coefficient (Wildman–Crippen LogP) is 2.36. The summed E-state index contributed by atoms with van der Waals surface area (Å²) >= 11 is 0. The van der Waals surface area contributed by atoms with Crippen LogP contribution in [0.2, 0.25) is 0 Å². The van der Waals surface area contributed by atoms with Crippen LogP contribution in [0.25, 0.3) is 0 Å². The van der Waals surface area contributed by atoms with Gasteiger partial charge in [-0.2, -0.15) is 0 Å². The van der Waals surface area contributed by atoms with Crippen LogP contribution in [0.4, 0.5) is 17.1 Å². The minimum Gasteiger partial charge on any atom is -0.496 e. The number of para-hydroxylation sites is 2. The number of fused-ring (bicyclic) bond motifs is 1. The van der Waals surface area contributed by atoms with E-state index in [1.54, 1.807) is 24.3 Å². The monoisotopic (exact) mass is 371 g/mol. The maximum atomic E-state index is 12.8. The lowest BCUT2D eigenvalue weighted by atomic mass is 10.1. The number of anilines is 2. The number of hydrogen-bond acceptors (Lipinski definition) is 6. The Hall–Kier alpha value is -3.62. The third kappa shape index (κ3) is 3.66. The first-order valence-corrected chi connectivity index (χ1v) is 8.10. The molecule has 0 aliphatic carbocycles. The molecule has 0 bridgehead atoms. The fourth-order valence-electron chi connectivity index (χ4n) is 2.76. The second kappa shape index (κ2) is 7.32. The Balaban J connectivity index is 1.85. The van der Waals surface area contributed by atoms with Gasteiger partial charge >= 0.3 is 5.69 Å². The quantitative estimate of drug-likeness (QED) is 0.638. The summed E-state index contributed by atoms with van der Waals surface area (Å²) in [6.07, 6.45) is -1.05. The number of ether oxygens (including phenoxy) is 2. The van der Waals surface area contributed by atoms with E-state index >= 15 is 0 Å². The Labute approximate surface area is 154 Å². The number of nitrogens with zero attached hydrogens (tertiary/aromatic N) is 2. The van der Waals surface area contributed by atoms with Crippen molar-refractivity contribution in [3.05, 3.63) is 52.6 Å². The summed E-state index contributed by atoms with van der Waals surface area (Å²) < 4.78 is 10.5. The van der Waals surface area contributed by atoms with Gasteiger partial charge in [0.1, 0.15) is 12.3 Å². The van der Waals surface area contributed by atoms with Crippen molar-refractivity contribution in [1.82, 2.24) is 0 Å². The van der Waals surface area contributed by atoms with Crippen molar-refractivity contribution in [1.29, 1.82) is 0 Å². The predicted molar refractivity (Wildman–Crippen MR) is 97.2 cm³/mol. The van der Waals surface area contributed by atoms with E-state index in [9.17, 15) is 19.7 Å². The molecule has 140 valence electrons. The summed E-state index contributed by atoms with van der Waals surface area (Å²) in [5.74, 6) is -0.571. The van der Waals surface area contributed by atoms with Crippen molar-refractivity contribution >= 4 is 28.9 Å². The van der Waals surface area contributed by atoms with Gasteiger partial charge in [-0.3, -0.25) is 24.6 Å². The smallest absolute Gasteiger partial charge is 0.314 e. The molecule has 9 nitrogen and oxygen atoms in total. The molecular weight excluding hydrogens is 354 g/mol. The lowest BCUT2D eigenvalue weighted by Gasteiger charge is -2.31. The van der Waals surface area contributed by atoms with E-state index in [-0.39, 0.29) is 23.9 Å². The standard InChI is InChI=1S/C18H17N3O6/c1-11(27-16-8-7-12(26-2)9-15(16)21(24)25)18(23)20-10-17(22)19-13-5-3-4-6-14(13)20/h3-9,11H,10H2,1-2H3,(H,19,22)/t11-/m1/s1. The maximum Gasteiger partial charge on any atom is 0.314 e. The van der Waals surface area contributed by atoms with Crippen molar-refractivity contribution in [2.75, 3.05) is 23.9 Å². The summed E-state index contributed by atoms with van der Waals surface area (Å²) in [7, 11) is 1.39. The molecule has 2 aromatic rings. The van der Waals surface area contributed by atoms with Gasteiger partial charge in [0.15, 0.2) is 11.9 Å². The molecule has 27 heavy (non-hydrogen) atoms. The summed E-state index contributed by atoms with van der Waals surface area (Å²) in [5.41, 5.74) is 0.747. The van der Waals surface area contributed by atoms with Crippen LogP contribution in [0.5, 0.6) is 11.5 Å². The SMILES string of the molecule is COc1ccc(O[C@H](C)C(=O)N2CC(=O)Nc3ccccc32)c([N+](=O)[O-])c1. The first-order valence-electron chi connectivity index (χ1n) is 8.10. The molecule has 0 aromatic heterocycles. The van der Waals surface area contributed by atoms with Crippen LogP contribution in [-0.4, -0.2) is 36.5 Å². The Morgan fingerprint density at radius 1 is 1.30 bits per heavy atom. The molecule has 2 aromatic carbocycles. The number of nitro groups is 1. The molecule has 1 aliphatic rings. The molecule has 0 fully saturated rings. The summed E-state index contributed by atoms with van der Waals surface area (Å²) in [6.45, 7) is 1.32. The Morgan fingerprint density at radius 3 is 2.74 bits per heavy atom. The van der Waals surface area contributed by atoms with Gasteiger partial charge in [-0.1, -0.05) is 12.1 Å². The van der Waals surface area contributed by atoms with Crippen LogP contribution in [0, 0.1) is 10.1 Å². The van der Waals surface area contributed by atoms with Crippen molar-refractivity contribution in [3.63, 3.8) is 0 Å². The van der Waals surface area contributed by atoms with Crippen molar-refractivity contribution in [3.8, 4) is 11.5 Å². The third-order valence-corrected chi connectivity index (χ3v) is 4.05. The number of carbonyl (C=O) groups is 2. The molecule has 1 N–H and O–H groups in total. The van der Waals surface area contributed by atoms with Crippen LogP contribution in [0.15, 0.2) is 42.5 Å². The van der Waals surface area contributed by atoms with E-state index in [1.807, 2.05) is 0 Å². The molecular formula is C18H17N3O6. The fraction of sp³-hybridized carbons (Fsp3) is 0.222. The van der Waals surface area contributed by atoms with Crippen LogP contribution in [0.3, 0.4) is 0 Å². The molecule has 1 atom stereocenters. The van der Waals surface area contributed by atoms with Crippen LogP contribution in [-0.2, 0) is 9.59 Å². The highest BCUT2D eigenvalue weighted by molar-refractivity contribution is 6.10. The van der Waals surface area contributed by atoms with E-state index in [0.717, 1.165) is 0 Å². The van der Waals surface area contributed by atoms with Gasteiger partial charge in [-0.25, -0.2) is 0 Å². The van der Waals surface area contributed by atoms with Gasteiger partial charge in [-0.05, 0) is 31.2 Å². The lowest BCUT2D eigenvalue weighted by Crippen LogP contribution is -2.47. The highest BCUT2D eigenvalue weighted by Gasteiger charge is 2.31. The third-order valence-electron chi connectivity index (χ3n) is 4.05. The van der Waals surface area contributed by atoms with Gasteiger partial charge < -0.3 is 14.8 Å². The number of carbonyl (C=O) groups excluding carboxylic acids is 2. The van der Waals surface area contributed by atoms with Gasteiger partial charge in [0.25, 0.3) is 5.91 Å². The Morgan fingerprint density at radius 2 is 2.04 bits per heavy atom. The molecule has 0 saturated carbocycles.